The Bertz CT molecular complexity index is 771. The van der Waals surface area contributed by atoms with Crippen LogP contribution in [0.2, 0.25) is 0 Å². The molecule has 0 atom stereocenters. The number of likely N-dealkylation sites (N-methyl/N-ethyl adjacent to an activating group) is 1. The van der Waals surface area contributed by atoms with E-state index in [0.29, 0.717) is 24.1 Å². The van der Waals surface area contributed by atoms with Crippen LogP contribution in [0, 0.1) is 11.3 Å². The number of carbonyl (C=O) groups is 1. The van der Waals surface area contributed by atoms with Crippen LogP contribution in [0.25, 0.3) is 0 Å². The summed E-state index contributed by atoms with van der Waals surface area (Å²) >= 11 is 0. The van der Waals surface area contributed by atoms with Crippen LogP contribution in [-0.2, 0) is 11.2 Å². The first-order chi connectivity index (χ1) is 12.6. The topological polar surface area (TPSA) is 72.3 Å². The molecule has 0 bridgehead atoms. The van der Waals surface area contributed by atoms with E-state index in [0.717, 1.165) is 37.6 Å². The Balaban J connectivity index is 1.48. The van der Waals surface area contributed by atoms with Crippen molar-refractivity contribution in [1.29, 1.82) is 5.26 Å². The van der Waals surface area contributed by atoms with Crippen molar-refractivity contribution >= 4 is 17.4 Å². The molecular weight excluding hydrogens is 326 g/mol. The summed E-state index contributed by atoms with van der Waals surface area (Å²) in [4.78, 5) is 21.2. The maximum atomic E-state index is 12.1. The lowest BCUT2D eigenvalue weighted by Crippen LogP contribution is -2.44. The van der Waals surface area contributed by atoms with Crippen molar-refractivity contribution in [2.24, 2.45) is 0 Å². The Hall–Kier alpha value is -2.91. The Morgan fingerprint density at radius 1 is 1.15 bits per heavy atom. The molecule has 26 heavy (non-hydrogen) atoms. The number of nitrogens with one attached hydrogen (secondary N) is 1. The predicted octanol–water partition coefficient (Wildman–Crippen LogP) is 2.28. The van der Waals surface area contributed by atoms with E-state index in [2.05, 4.69) is 33.2 Å². The molecule has 1 amide bonds. The normalized spacial score (nSPS) is 14.7. The first kappa shape index (κ1) is 17.9. The number of hydrogen-bond donors (Lipinski definition) is 1. The second kappa shape index (κ2) is 8.45. The molecule has 1 fully saturated rings. The number of aryl methyl sites for hydroxylation is 1. The third-order valence-electron chi connectivity index (χ3n) is 4.58. The zero-order valence-corrected chi connectivity index (χ0v) is 15.0. The third kappa shape index (κ3) is 4.80. The molecular formula is C20H23N5O. The van der Waals surface area contributed by atoms with Gasteiger partial charge in [0.1, 0.15) is 5.82 Å². The summed E-state index contributed by atoms with van der Waals surface area (Å²) in [5.74, 6) is 0.914. The lowest BCUT2D eigenvalue weighted by atomic mass is 10.1. The maximum Gasteiger partial charge on any atom is 0.224 e. The fraction of sp³-hybridized carbons (Fsp3) is 0.350. The van der Waals surface area contributed by atoms with Crippen LogP contribution in [0.5, 0.6) is 0 Å². The summed E-state index contributed by atoms with van der Waals surface area (Å²) in [5.41, 5.74) is 2.39. The quantitative estimate of drug-likeness (QED) is 0.896. The van der Waals surface area contributed by atoms with Gasteiger partial charge in [-0.15, -0.1) is 0 Å². The molecule has 1 N–H and O–H groups in total. The number of nitriles is 1. The van der Waals surface area contributed by atoms with Crippen LogP contribution in [0.1, 0.15) is 17.5 Å². The maximum absolute atomic E-state index is 12.1. The van der Waals surface area contributed by atoms with Crippen LogP contribution in [0.15, 0.2) is 42.6 Å². The van der Waals surface area contributed by atoms with Gasteiger partial charge >= 0.3 is 0 Å². The van der Waals surface area contributed by atoms with Gasteiger partial charge in [0.2, 0.25) is 5.91 Å². The minimum atomic E-state index is -0.0384. The van der Waals surface area contributed by atoms with Crippen molar-refractivity contribution in [1.82, 2.24) is 9.88 Å². The van der Waals surface area contributed by atoms with E-state index < -0.39 is 0 Å². The van der Waals surface area contributed by atoms with Gasteiger partial charge in [-0.3, -0.25) is 4.79 Å². The third-order valence-corrected chi connectivity index (χ3v) is 4.58. The molecule has 1 aromatic heterocycles. The molecule has 2 heterocycles. The van der Waals surface area contributed by atoms with Gasteiger partial charge in [-0.2, -0.15) is 5.26 Å². The van der Waals surface area contributed by atoms with E-state index in [1.807, 2.05) is 24.3 Å². The summed E-state index contributed by atoms with van der Waals surface area (Å²) in [6.45, 7) is 4.02. The summed E-state index contributed by atoms with van der Waals surface area (Å²) in [6.07, 6.45) is 2.75. The van der Waals surface area contributed by atoms with Crippen molar-refractivity contribution in [3.63, 3.8) is 0 Å². The lowest BCUT2D eigenvalue weighted by Gasteiger charge is -2.33. The first-order valence-electron chi connectivity index (χ1n) is 8.82. The Labute approximate surface area is 154 Å². The van der Waals surface area contributed by atoms with Gasteiger partial charge in [-0.05, 0) is 43.3 Å². The van der Waals surface area contributed by atoms with Gasteiger partial charge in [0, 0.05) is 32.6 Å². The van der Waals surface area contributed by atoms with Crippen molar-refractivity contribution in [3.05, 3.63) is 53.7 Å². The number of anilines is 2. The number of pyridine rings is 1. The number of amides is 1. The molecule has 3 rings (SSSR count). The highest BCUT2D eigenvalue weighted by molar-refractivity contribution is 5.90. The second-order valence-electron chi connectivity index (χ2n) is 6.55. The van der Waals surface area contributed by atoms with Crippen LogP contribution in [-0.4, -0.2) is 49.0 Å². The molecule has 0 unspecified atom stereocenters. The molecule has 6 heteroatoms. The SMILES string of the molecule is CN1CCN(c2ccc(NC(=O)CCc3ccc(C#N)cc3)cn2)CC1. The highest BCUT2D eigenvalue weighted by atomic mass is 16.1. The van der Waals surface area contributed by atoms with Crippen LogP contribution < -0.4 is 10.2 Å². The highest BCUT2D eigenvalue weighted by Crippen LogP contribution is 2.16. The summed E-state index contributed by atoms with van der Waals surface area (Å²) < 4.78 is 0. The lowest BCUT2D eigenvalue weighted by molar-refractivity contribution is -0.116. The van der Waals surface area contributed by atoms with Crippen molar-refractivity contribution in [3.8, 4) is 6.07 Å². The molecule has 0 radical (unpaired) electrons. The summed E-state index contributed by atoms with van der Waals surface area (Å²) in [5, 5.41) is 11.7. The predicted molar refractivity (Wildman–Crippen MR) is 102 cm³/mol. The van der Waals surface area contributed by atoms with Gasteiger partial charge in [0.25, 0.3) is 0 Å². The number of aromatic nitrogens is 1. The fourth-order valence-corrected chi connectivity index (χ4v) is 2.91. The van der Waals surface area contributed by atoms with Gasteiger partial charge in [-0.1, -0.05) is 12.1 Å². The van der Waals surface area contributed by atoms with Gasteiger partial charge in [-0.25, -0.2) is 4.98 Å². The van der Waals surface area contributed by atoms with Crippen LogP contribution in [0.4, 0.5) is 11.5 Å². The Morgan fingerprint density at radius 2 is 1.88 bits per heavy atom. The van der Waals surface area contributed by atoms with Crippen molar-refractivity contribution in [2.45, 2.75) is 12.8 Å². The van der Waals surface area contributed by atoms with Gasteiger partial charge in [0.15, 0.2) is 0 Å². The molecule has 134 valence electrons. The van der Waals surface area contributed by atoms with E-state index in [-0.39, 0.29) is 5.91 Å². The minimum Gasteiger partial charge on any atom is -0.354 e. The van der Waals surface area contributed by atoms with E-state index >= 15 is 0 Å². The molecule has 0 spiro atoms. The van der Waals surface area contributed by atoms with E-state index in [1.165, 1.54) is 0 Å². The monoisotopic (exact) mass is 349 g/mol. The minimum absolute atomic E-state index is 0.0384. The first-order valence-corrected chi connectivity index (χ1v) is 8.82. The molecule has 0 aliphatic carbocycles. The van der Waals surface area contributed by atoms with Crippen LogP contribution >= 0.6 is 0 Å². The summed E-state index contributed by atoms with van der Waals surface area (Å²) in [6, 6.07) is 13.3. The van der Waals surface area contributed by atoms with Crippen molar-refractivity contribution < 1.29 is 4.79 Å². The molecule has 1 saturated heterocycles. The Morgan fingerprint density at radius 3 is 2.50 bits per heavy atom. The highest BCUT2D eigenvalue weighted by Gasteiger charge is 2.15. The molecule has 1 aliphatic rings. The Kier molecular flexibility index (Phi) is 5.82. The van der Waals surface area contributed by atoms with Gasteiger partial charge < -0.3 is 15.1 Å². The van der Waals surface area contributed by atoms with E-state index in [1.54, 1.807) is 18.3 Å². The molecule has 1 aliphatic heterocycles. The molecule has 0 saturated carbocycles. The standard InChI is InChI=1S/C20H23N5O/c1-24-10-12-25(13-11-24)19-8-7-18(15-22-19)23-20(26)9-6-16-2-4-17(14-21)5-3-16/h2-5,7-8,15H,6,9-13H2,1H3,(H,23,26). The molecule has 1 aromatic carbocycles. The van der Waals surface area contributed by atoms with E-state index in [4.69, 9.17) is 5.26 Å². The number of hydrogen-bond acceptors (Lipinski definition) is 5. The number of benzene rings is 1. The average molecular weight is 349 g/mol. The largest absolute Gasteiger partial charge is 0.354 e. The van der Waals surface area contributed by atoms with Gasteiger partial charge in [0.05, 0.1) is 23.5 Å². The zero-order valence-electron chi connectivity index (χ0n) is 15.0. The fourth-order valence-electron chi connectivity index (χ4n) is 2.91. The summed E-state index contributed by atoms with van der Waals surface area (Å²) in [7, 11) is 2.13. The second-order valence-corrected chi connectivity index (χ2v) is 6.55. The number of nitrogens with zero attached hydrogens (tertiary/aromatic N) is 4. The van der Waals surface area contributed by atoms with Crippen molar-refractivity contribution in [2.75, 3.05) is 43.4 Å². The van der Waals surface area contributed by atoms with E-state index in [9.17, 15) is 4.79 Å². The molecule has 6 nitrogen and oxygen atoms in total. The average Bonchev–Trinajstić information content (AvgIpc) is 2.68. The molecule has 2 aromatic rings. The zero-order chi connectivity index (χ0) is 18.4. The number of rotatable bonds is 5. The van der Waals surface area contributed by atoms with Crippen LogP contribution in [0.3, 0.4) is 0 Å². The number of piperazine rings is 1. The number of carbonyl (C=O) groups excluding carboxylic acids is 1. The smallest absolute Gasteiger partial charge is 0.224 e.